The van der Waals surface area contributed by atoms with Crippen molar-refractivity contribution in [2.75, 3.05) is 11.9 Å². The summed E-state index contributed by atoms with van der Waals surface area (Å²) in [5.41, 5.74) is 2.09. The van der Waals surface area contributed by atoms with E-state index in [1.165, 1.54) is 5.56 Å². The Bertz CT molecular complexity index is 357. The number of nitrogens with one attached hydrogen (secondary N) is 2. The average Bonchev–Trinajstić information content (AvgIpc) is 2.30. The fraction of sp³-hybridized carbons (Fsp3) is 0.500. The van der Waals surface area contributed by atoms with E-state index < -0.39 is 0 Å². The minimum atomic E-state index is 0.00959. The number of carbonyl (C=O) groups excluding carboxylic acids is 1. The third-order valence-corrected chi connectivity index (χ3v) is 2.71. The predicted octanol–water partition coefficient (Wildman–Crippen LogP) is 2.95. The van der Waals surface area contributed by atoms with Crippen molar-refractivity contribution in [1.29, 1.82) is 0 Å². The molecular formula is C14H22N2O. The van der Waals surface area contributed by atoms with Crippen molar-refractivity contribution >= 4 is 11.6 Å². The van der Waals surface area contributed by atoms with Crippen LogP contribution in [0.3, 0.4) is 0 Å². The molecule has 3 nitrogen and oxygen atoms in total. The summed E-state index contributed by atoms with van der Waals surface area (Å²) in [6.07, 6.45) is 0. The summed E-state index contributed by atoms with van der Waals surface area (Å²) in [7, 11) is 0. The highest BCUT2D eigenvalue weighted by molar-refractivity contribution is 5.92. The fourth-order valence-electron chi connectivity index (χ4n) is 1.57. The van der Waals surface area contributed by atoms with Crippen LogP contribution in [0.25, 0.3) is 0 Å². The summed E-state index contributed by atoms with van der Waals surface area (Å²) < 4.78 is 0. The number of anilines is 1. The highest BCUT2D eigenvalue weighted by atomic mass is 16.1. The topological polar surface area (TPSA) is 41.1 Å². The molecule has 2 N–H and O–H groups in total. The Morgan fingerprint density at radius 1 is 1.18 bits per heavy atom. The molecule has 0 radical (unpaired) electrons. The van der Waals surface area contributed by atoms with Gasteiger partial charge in [0, 0.05) is 17.6 Å². The van der Waals surface area contributed by atoms with Crippen molar-refractivity contribution in [2.45, 2.75) is 33.7 Å². The van der Waals surface area contributed by atoms with Gasteiger partial charge in [-0.1, -0.05) is 32.9 Å². The zero-order valence-corrected chi connectivity index (χ0v) is 11.1. The Balaban J connectivity index is 2.65. The Morgan fingerprint density at radius 2 is 1.76 bits per heavy atom. The summed E-state index contributed by atoms with van der Waals surface area (Å²) >= 11 is 0. The van der Waals surface area contributed by atoms with Crippen LogP contribution in [0.4, 0.5) is 5.69 Å². The molecule has 0 aromatic heterocycles. The van der Waals surface area contributed by atoms with E-state index in [1.807, 2.05) is 38.1 Å². The third-order valence-electron chi connectivity index (χ3n) is 2.71. The first-order valence-electron chi connectivity index (χ1n) is 6.18. The van der Waals surface area contributed by atoms with Crippen LogP contribution in [0.5, 0.6) is 0 Å². The molecule has 0 saturated carbocycles. The Labute approximate surface area is 104 Å². The normalized spacial score (nSPS) is 12.5. The molecule has 94 valence electrons. The largest absolute Gasteiger partial charge is 0.326 e. The zero-order chi connectivity index (χ0) is 12.8. The lowest BCUT2D eigenvalue weighted by molar-refractivity contribution is -0.118. The number of benzene rings is 1. The zero-order valence-electron chi connectivity index (χ0n) is 11.1. The predicted molar refractivity (Wildman–Crippen MR) is 72.0 cm³/mol. The van der Waals surface area contributed by atoms with Gasteiger partial charge in [-0.25, -0.2) is 0 Å². The van der Waals surface area contributed by atoms with Crippen LogP contribution in [0, 0.1) is 5.92 Å². The summed E-state index contributed by atoms with van der Waals surface area (Å²) in [6.45, 7) is 8.94. The highest BCUT2D eigenvalue weighted by Crippen LogP contribution is 2.16. The third kappa shape index (κ3) is 4.19. The van der Waals surface area contributed by atoms with Crippen LogP contribution in [0.1, 0.15) is 39.3 Å². The smallest absolute Gasteiger partial charge is 0.226 e. The van der Waals surface area contributed by atoms with Gasteiger partial charge in [0.1, 0.15) is 0 Å². The molecule has 1 rings (SSSR count). The molecule has 1 aromatic rings. The van der Waals surface area contributed by atoms with Crippen molar-refractivity contribution in [1.82, 2.24) is 5.32 Å². The van der Waals surface area contributed by atoms with Gasteiger partial charge >= 0.3 is 0 Å². The van der Waals surface area contributed by atoms with E-state index in [9.17, 15) is 4.79 Å². The van der Waals surface area contributed by atoms with Gasteiger partial charge in [0.05, 0.1) is 0 Å². The molecule has 0 saturated heterocycles. The van der Waals surface area contributed by atoms with Crippen LogP contribution in [0.15, 0.2) is 24.3 Å². The van der Waals surface area contributed by atoms with Crippen molar-refractivity contribution < 1.29 is 4.79 Å². The van der Waals surface area contributed by atoms with Crippen molar-refractivity contribution in [3.05, 3.63) is 29.8 Å². The summed E-state index contributed by atoms with van der Waals surface area (Å²) in [5, 5.41) is 6.23. The van der Waals surface area contributed by atoms with Crippen LogP contribution in [-0.4, -0.2) is 12.5 Å². The van der Waals surface area contributed by atoms with Crippen LogP contribution >= 0.6 is 0 Å². The lowest BCUT2D eigenvalue weighted by Gasteiger charge is -2.13. The van der Waals surface area contributed by atoms with Gasteiger partial charge in [0.25, 0.3) is 0 Å². The monoisotopic (exact) mass is 234 g/mol. The van der Waals surface area contributed by atoms with Gasteiger partial charge < -0.3 is 10.6 Å². The second kappa shape index (κ2) is 6.40. The molecule has 0 aliphatic heterocycles. The SMILES string of the molecule is CCNC(C)c1ccc(NC(=O)C(C)C)cc1. The molecule has 0 bridgehead atoms. The van der Waals surface area contributed by atoms with Crippen LogP contribution in [0.2, 0.25) is 0 Å². The van der Waals surface area contributed by atoms with Gasteiger partial charge in [-0.2, -0.15) is 0 Å². The van der Waals surface area contributed by atoms with E-state index in [1.54, 1.807) is 0 Å². The average molecular weight is 234 g/mol. The number of hydrogen-bond acceptors (Lipinski definition) is 2. The van der Waals surface area contributed by atoms with Crippen molar-refractivity contribution in [3.8, 4) is 0 Å². The van der Waals surface area contributed by atoms with Gasteiger partial charge in [0.15, 0.2) is 0 Å². The molecule has 0 heterocycles. The van der Waals surface area contributed by atoms with Gasteiger partial charge in [-0.05, 0) is 31.2 Å². The maximum atomic E-state index is 11.5. The van der Waals surface area contributed by atoms with E-state index in [0.717, 1.165) is 12.2 Å². The Hall–Kier alpha value is -1.35. The van der Waals surface area contributed by atoms with E-state index in [2.05, 4.69) is 24.5 Å². The van der Waals surface area contributed by atoms with Gasteiger partial charge in [-0.15, -0.1) is 0 Å². The highest BCUT2D eigenvalue weighted by Gasteiger charge is 2.07. The molecule has 0 aliphatic rings. The van der Waals surface area contributed by atoms with Gasteiger partial charge in [0.2, 0.25) is 5.91 Å². The van der Waals surface area contributed by atoms with E-state index >= 15 is 0 Å². The standard InChI is InChI=1S/C14H22N2O/c1-5-15-11(4)12-6-8-13(9-7-12)16-14(17)10(2)3/h6-11,15H,5H2,1-4H3,(H,16,17). The molecule has 3 heteroatoms. The second-order valence-corrected chi connectivity index (χ2v) is 4.55. The first-order valence-corrected chi connectivity index (χ1v) is 6.18. The lowest BCUT2D eigenvalue weighted by Crippen LogP contribution is -2.19. The van der Waals surface area contributed by atoms with Gasteiger partial charge in [-0.3, -0.25) is 4.79 Å². The number of rotatable bonds is 5. The van der Waals surface area contributed by atoms with Crippen LogP contribution < -0.4 is 10.6 Å². The molecule has 0 fully saturated rings. The molecule has 1 unspecified atom stereocenters. The fourth-order valence-corrected chi connectivity index (χ4v) is 1.57. The van der Waals surface area contributed by atoms with E-state index in [4.69, 9.17) is 0 Å². The number of carbonyl (C=O) groups is 1. The number of hydrogen-bond donors (Lipinski definition) is 2. The molecular weight excluding hydrogens is 212 g/mol. The lowest BCUT2D eigenvalue weighted by atomic mass is 10.1. The summed E-state index contributed by atoms with van der Waals surface area (Å²) in [6, 6.07) is 8.33. The maximum Gasteiger partial charge on any atom is 0.226 e. The molecule has 1 atom stereocenters. The Kier molecular flexibility index (Phi) is 5.16. The van der Waals surface area contributed by atoms with Crippen LogP contribution in [-0.2, 0) is 4.79 Å². The van der Waals surface area contributed by atoms with E-state index in [0.29, 0.717) is 6.04 Å². The van der Waals surface area contributed by atoms with Crippen molar-refractivity contribution in [3.63, 3.8) is 0 Å². The summed E-state index contributed by atoms with van der Waals surface area (Å²) in [4.78, 5) is 11.5. The first-order chi connectivity index (χ1) is 8.04. The maximum absolute atomic E-state index is 11.5. The second-order valence-electron chi connectivity index (χ2n) is 4.55. The molecule has 0 aliphatic carbocycles. The minimum absolute atomic E-state index is 0.00959. The molecule has 1 amide bonds. The molecule has 17 heavy (non-hydrogen) atoms. The molecule has 1 aromatic carbocycles. The first kappa shape index (κ1) is 13.7. The quantitative estimate of drug-likeness (QED) is 0.822. The minimum Gasteiger partial charge on any atom is -0.326 e. The summed E-state index contributed by atoms with van der Waals surface area (Å²) in [5.74, 6) is 0.0628. The van der Waals surface area contributed by atoms with Crippen molar-refractivity contribution in [2.24, 2.45) is 5.92 Å². The Morgan fingerprint density at radius 3 is 2.24 bits per heavy atom. The number of amides is 1. The van der Waals surface area contributed by atoms with E-state index in [-0.39, 0.29) is 11.8 Å². The molecule has 0 spiro atoms.